The maximum Gasteiger partial charge on any atom is 0.416 e. The number of amides is 1. The Kier molecular flexibility index (Phi) is 3.74. The lowest BCUT2D eigenvalue weighted by molar-refractivity contribution is -0.137. The van der Waals surface area contributed by atoms with Crippen LogP contribution in [0.3, 0.4) is 0 Å². The Morgan fingerprint density at radius 2 is 1.72 bits per heavy atom. The fourth-order valence-electron chi connectivity index (χ4n) is 3.84. The van der Waals surface area contributed by atoms with E-state index in [1.807, 2.05) is 13.8 Å². The molecule has 1 aliphatic carbocycles. The number of rotatable bonds is 1. The van der Waals surface area contributed by atoms with Crippen LogP contribution in [-0.4, -0.2) is 29.7 Å². The molecule has 1 saturated heterocycles. The molecule has 3 rings (SSSR count). The molecule has 134 valence electrons. The Labute approximate surface area is 143 Å². The van der Waals surface area contributed by atoms with E-state index in [0.29, 0.717) is 19.5 Å². The molecule has 2 N–H and O–H groups in total. The van der Waals surface area contributed by atoms with E-state index in [2.05, 4.69) is 0 Å². The molecule has 7 heteroatoms. The number of alkyl halides is 3. The van der Waals surface area contributed by atoms with Gasteiger partial charge in [0.15, 0.2) is 5.78 Å². The zero-order chi connectivity index (χ0) is 18.6. The second-order valence-electron chi connectivity index (χ2n) is 7.59. The van der Waals surface area contributed by atoms with Crippen molar-refractivity contribution in [2.75, 3.05) is 13.1 Å². The lowest BCUT2D eigenvalue weighted by Gasteiger charge is -2.53. The number of ketones is 1. The highest BCUT2D eigenvalue weighted by Gasteiger charge is 2.51. The van der Waals surface area contributed by atoms with E-state index in [9.17, 15) is 22.8 Å². The molecule has 1 aromatic rings. The van der Waals surface area contributed by atoms with Gasteiger partial charge in [-0.2, -0.15) is 13.2 Å². The van der Waals surface area contributed by atoms with Crippen molar-refractivity contribution in [3.05, 3.63) is 47.2 Å². The van der Waals surface area contributed by atoms with Crippen molar-refractivity contribution in [3.8, 4) is 0 Å². The maximum absolute atomic E-state index is 12.6. The normalized spacial score (nSPS) is 21.7. The molecule has 1 spiro atoms. The molecular formula is C18H19F3N2O2. The number of nitrogens with two attached hydrogens (primary N) is 1. The summed E-state index contributed by atoms with van der Waals surface area (Å²) in [5.41, 5.74) is 4.57. The first-order valence-electron chi connectivity index (χ1n) is 7.93. The number of likely N-dealkylation sites (tertiary alicyclic amines) is 1. The van der Waals surface area contributed by atoms with Crippen molar-refractivity contribution in [1.82, 2.24) is 4.90 Å². The van der Waals surface area contributed by atoms with E-state index in [1.165, 1.54) is 12.1 Å². The van der Waals surface area contributed by atoms with Gasteiger partial charge in [-0.3, -0.25) is 9.59 Å². The molecule has 25 heavy (non-hydrogen) atoms. The minimum absolute atomic E-state index is 0.0920. The first-order valence-corrected chi connectivity index (χ1v) is 7.93. The highest BCUT2D eigenvalue weighted by Crippen LogP contribution is 2.47. The first-order chi connectivity index (χ1) is 11.4. The van der Waals surface area contributed by atoms with E-state index in [1.54, 1.807) is 11.0 Å². The Balaban J connectivity index is 1.72. The molecule has 0 unspecified atom stereocenters. The van der Waals surface area contributed by atoms with Gasteiger partial charge in [0.2, 0.25) is 0 Å². The second-order valence-corrected chi connectivity index (χ2v) is 7.59. The number of benzene rings is 1. The molecule has 1 heterocycles. The summed E-state index contributed by atoms with van der Waals surface area (Å²) in [5.74, 6) is -0.410. The summed E-state index contributed by atoms with van der Waals surface area (Å²) >= 11 is 0. The molecule has 0 saturated carbocycles. The van der Waals surface area contributed by atoms with Crippen molar-refractivity contribution in [2.24, 2.45) is 16.6 Å². The van der Waals surface area contributed by atoms with Crippen LogP contribution in [0, 0.1) is 10.8 Å². The highest BCUT2D eigenvalue weighted by molar-refractivity contribution is 6.00. The van der Waals surface area contributed by atoms with Crippen LogP contribution in [0.25, 0.3) is 0 Å². The van der Waals surface area contributed by atoms with Crippen LogP contribution >= 0.6 is 0 Å². The fraction of sp³-hybridized carbons (Fsp3) is 0.444. The molecule has 4 nitrogen and oxygen atoms in total. The van der Waals surface area contributed by atoms with Crippen molar-refractivity contribution in [3.63, 3.8) is 0 Å². The summed E-state index contributed by atoms with van der Waals surface area (Å²) in [6.45, 7) is 4.48. The van der Waals surface area contributed by atoms with Crippen LogP contribution in [0.2, 0.25) is 0 Å². The third kappa shape index (κ3) is 3.03. The third-order valence-electron chi connectivity index (χ3n) is 4.89. The molecular weight excluding hydrogens is 333 g/mol. The predicted octanol–water partition coefficient (Wildman–Crippen LogP) is 2.99. The maximum atomic E-state index is 12.6. The topological polar surface area (TPSA) is 63.4 Å². The van der Waals surface area contributed by atoms with Crippen molar-refractivity contribution in [1.29, 1.82) is 0 Å². The van der Waals surface area contributed by atoms with E-state index < -0.39 is 17.2 Å². The molecule has 1 fully saturated rings. The summed E-state index contributed by atoms with van der Waals surface area (Å²) in [4.78, 5) is 26.1. The van der Waals surface area contributed by atoms with Gasteiger partial charge < -0.3 is 10.6 Å². The summed E-state index contributed by atoms with van der Waals surface area (Å²) < 4.78 is 37.8. The molecule has 0 radical (unpaired) electrons. The van der Waals surface area contributed by atoms with Gasteiger partial charge in [0.05, 0.1) is 11.3 Å². The van der Waals surface area contributed by atoms with Gasteiger partial charge in [0.25, 0.3) is 5.91 Å². The lowest BCUT2D eigenvalue weighted by atomic mass is 9.62. The zero-order valence-electron chi connectivity index (χ0n) is 14.0. The number of allylic oxidation sites excluding steroid dienone is 1. The van der Waals surface area contributed by atoms with Gasteiger partial charge in [-0.15, -0.1) is 0 Å². The number of carbonyl (C=O) groups excluding carboxylic acids is 2. The van der Waals surface area contributed by atoms with Gasteiger partial charge >= 0.3 is 6.18 Å². The van der Waals surface area contributed by atoms with Crippen molar-refractivity contribution >= 4 is 11.7 Å². The van der Waals surface area contributed by atoms with E-state index in [-0.39, 0.29) is 28.4 Å². The van der Waals surface area contributed by atoms with Crippen LogP contribution in [0.4, 0.5) is 13.2 Å². The molecule has 0 aromatic heterocycles. The number of Topliss-reactive ketones (excluding diaryl/α,β-unsaturated/α-hetero) is 1. The average Bonchev–Trinajstić information content (AvgIpc) is 2.48. The number of halogens is 3. The molecule has 2 aliphatic rings. The molecule has 1 aromatic carbocycles. The Morgan fingerprint density at radius 3 is 2.20 bits per heavy atom. The summed E-state index contributed by atoms with van der Waals surface area (Å²) in [7, 11) is 0. The largest absolute Gasteiger partial charge is 0.416 e. The van der Waals surface area contributed by atoms with Crippen molar-refractivity contribution < 1.29 is 22.8 Å². The van der Waals surface area contributed by atoms with E-state index in [0.717, 1.165) is 12.1 Å². The van der Waals surface area contributed by atoms with Crippen LogP contribution in [-0.2, 0) is 11.0 Å². The standard InChI is InChI=1S/C18H19F3N2O2/c1-16(2)8-17(7-13(22)14(16)24)9-23(10-17)15(25)11-3-5-12(6-4-11)18(19,20)21/h3-7H,8-10,22H2,1-2H3. The summed E-state index contributed by atoms with van der Waals surface area (Å²) in [6.07, 6.45) is -2.10. The SMILES string of the molecule is CC1(C)CC2(C=C(N)C1=O)CN(C(=O)c1ccc(C(F)(F)F)cc1)C2. The van der Waals surface area contributed by atoms with E-state index >= 15 is 0 Å². The monoisotopic (exact) mass is 352 g/mol. The first kappa shape index (κ1) is 17.5. The minimum Gasteiger partial charge on any atom is -0.396 e. The summed E-state index contributed by atoms with van der Waals surface area (Å²) in [5, 5.41) is 0. The zero-order valence-corrected chi connectivity index (χ0v) is 14.0. The molecule has 0 atom stereocenters. The van der Waals surface area contributed by atoms with Gasteiger partial charge in [0, 0.05) is 29.5 Å². The van der Waals surface area contributed by atoms with Gasteiger partial charge in [0.1, 0.15) is 0 Å². The van der Waals surface area contributed by atoms with Crippen molar-refractivity contribution in [2.45, 2.75) is 26.4 Å². The van der Waals surface area contributed by atoms with Gasteiger partial charge in [-0.25, -0.2) is 0 Å². The Bertz CT molecular complexity index is 758. The predicted molar refractivity (Wildman–Crippen MR) is 85.5 cm³/mol. The Hall–Kier alpha value is -2.31. The molecule has 1 aliphatic heterocycles. The van der Waals surface area contributed by atoms with Crippen LogP contribution in [0.5, 0.6) is 0 Å². The number of nitrogens with zero attached hydrogens (tertiary/aromatic N) is 1. The molecule has 0 bridgehead atoms. The summed E-state index contributed by atoms with van der Waals surface area (Å²) in [6, 6.07) is 4.19. The minimum atomic E-state index is -4.43. The second kappa shape index (κ2) is 5.34. The number of carbonyl (C=O) groups is 2. The van der Waals surface area contributed by atoms with Crippen LogP contribution in [0.15, 0.2) is 36.0 Å². The van der Waals surface area contributed by atoms with Crippen LogP contribution < -0.4 is 5.73 Å². The van der Waals surface area contributed by atoms with E-state index in [4.69, 9.17) is 5.73 Å². The highest BCUT2D eigenvalue weighted by atomic mass is 19.4. The fourth-order valence-corrected chi connectivity index (χ4v) is 3.84. The third-order valence-corrected chi connectivity index (χ3v) is 4.89. The number of hydrogen-bond acceptors (Lipinski definition) is 3. The lowest BCUT2D eigenvalue weighted by Crippen LogP contribution is -2.61. The Morgan fingerprint density at radius 1 is 1.16 bits per heavy atom. The average molecular weight is 352 g/mol. The van der Waals surface area contributed by atoms with Gasteiger partial charge in [-0.05, 0) is 36.8 Å². The van der Waals surface area contributed by atoms with Crippen LogP contribution in [0.1, 0.15) is 36.2 Å². The quantitative estimate of drug-likeness (QED) is 0.845. The van der Waals surface area contributed by atoms with Gasteiger partial charge in [-0.1, -0.05) is 13.8 Å². The molecule has 1 amide bonds. The number of hydrogen-bond donors (Lipinski definition) is 1. The smallest absolute Gasteiger partial charge is 0.396 e.